The molecule has 1 atom stereocenters. The van der Waals surface area contributed by atoms with Gasteiger partial charge >= 0.3 is 5.69 Å². The zero-order chi connectivity index (χ0) is 23.9. The Hall–Kier alpha value is -3.00. The van der Waals surface area contributed by atoms with Crippen LogP contribution in [0, 0.1) is 0 Å². The van der Waals surface area contributed by atoms with Crippen molar-refractivity contribution in [3.05, 3.63) is 66.8 Å². The van der Waals surface area contributed by atoms with E-state index >= 15 is 0 Å². The largest absolute Gasteiger partial charge is 0.384 e. The fraction of sp³-hybridized carbons (Fsp3) is 0.440. The number of hydrogen-bond acceptors (Lipinski definition) is 6. The molecule has 3 aromatic rings. The van der Waals surface area contributed by atoms with Crippen LogP contribution in [-0.2, 0) is 13.6 Å². The van der Waals surface area contributed by atoms with Crippen LogP contribution in [0.15, 0.2) is 33.9 Å². The second-order valence-corrected chi connectivity index (χ2v) is 9.83. The summed E-state index contributed by atoms with van der Waals surface area (Å²) >= 11 is 1.20. The van der Waals surface area contributed by atoms with Crippen LogP contribution in [0.2, 0.25) is 0 Å². The Balaban J connectivity index is 1.81. The van der Waals surface area contributed by atoms with E-state index in [2.05, 4.69) is 13.8 Å². The number of nitrogen functional groups attached to an aromatic ring is 1. The molecule has 33 heavy (non-hydrogen) atoms. The first-order chi connectivity index (χ1) is 15.8. The van der Waals surface area contributed by atoms with Gasteiger partial charge < -0.3 is 5.73 Å². The third kappa shape index (κ3) is 4.19. The van der Waals surface area contributed by atoms with E-state index in [-0.39, 0.29) is 23.1 Å². The lowest BCUT2D eigenvalue weighted by Gasteiger charge is -2.13. The van der Waals surface area contributed by atoms with E-state index in [1.165, 1.54) is 28.5 Å². The van der Waals surface area contributed by atoms with Crippen molar-refractivity contribution in [2.24, 2.45) is 7.05 Å². The first-order valence-corrected chi connectivity index (χ1v) is 12.3. The molecular formula is C25H30N4O3S. The molecule has 4 rings (SSSR count). The lowest BCUT2D eigenvalue weighted by molar-refractivity contribution is 0.104. The number of anilines is 1. The summed E-state index contributed by atoms with van der Waals surface area (Å²) < 4.78 is 2.47. The molecule has 2 N–H and O–H groups in total. The van der Waals surface area contributed by atoms with E-state index in [4.69, 9.17) is 10.7 Å². The lowest BCUT2D eigenvalue weighted by atomic mass is 9.96. The van der Waals surface area contributed by atoms with E-state index in [9.17, 15) is 14.4 Å². The maximum absolute atomic E-state index is 13.5. The number of thiazole rings is 1. The molecule has 1 aromatic carbocycles. The molecule has 0 radical (unpaired) electrons. The van der Waals surface area contributed by atoms with Crippen molar-refractivity contribution in [3.63, 3.8) is 0 Å². The van der Waals surface area contributed by atoms with E-state index in [1.807, 2.05) is 31.2 Å². The van der Waals surface area contributed by atoms with Crippen LogP contribution >= 0.6 is 11.3 Å². The van der Waals surface area contributed by atoms with Crippen LogP contribution in [0.4, 0.5) is 5.82 Å². The van der Waals surface area contributed by atoms with Crippen LogP contribution in [0.25, 0.3) is 10.6 Å². The Kier molecular flexibility index (Phi) is 6.38. The molecule has 2 aromatic heterocycles. The van der Waals surface area contributed by atoms with E-state index in [0.29, 0.717) is 34.3 Å². The van der Waals surface area contributed by atoms with Gasteiger partial charge in [0.1, 0.15) is 16.4 Å². The van der Waals surface area contributed by atoms with E-state index in [1.54, 1.807) is 0 Å². The molecule has 1 fully saturated rings. The molecule has 2 heterocycles. The van der Waals surface area contributed by atoms with Crippen molar-refractivity contribution in [2.75, 3.05) is 5.73 Å². The fourth-order valence-electron chi connectivity index (χ4n) is 3.99. The molecule has 0 aliphatic heterocycles. The molecule has 0 saturated heterocycles. The zero-order valence-electron chi connectivity index (χ0n) is 19.6. The number of carbonyl (C=O) groups excluding carboxylic acids is 1. The van der Waals surface area contributed by atoms with Crippen LogP contribution in [-0.4, -0.2) is 19.9 Å². The highest BCUT2D eigenvalue weighted by Crippen LogP contribution is 2.45. The molecule has 1 aliphatic carbocycles. The predicted octanol–water partition coefficient (Wildman–Crippen LogP) is 4.28. The number of aromatic nitrogens is 3. The first kappa shape index (κ1) is 23.2. The summed E-state index contributed by atoms with van der Waals surface area (Å²) in [5.74, 6) is 0.677. The second kappa shape index (κ2) is 9.09. The molecule has 174 valence electrons. The third-order valence-electron chi connectivity index (χ3n) is 6.42. The van der Waals surface area contributed by atoms with Crippen LogP contribution in [0.1, 0.15) is 84.8 Å². The Bertz CT molecular complexity index is 1310. The van der Waals surface area contributed by atoms with Gasteiger partial charge in [0.15, 0.2) is 0 Å². The summed E-state index contributed by atoms with van der Waals surface area (Å²) in [4.78, 5) is 44.3. The monoisotopic (exact) mass is 466 g/mol. The summed E-state index contributed by atoms with van der Waals surface area (Å²) in [7, 11) is 1.44. The SMILES string of the molecule is CCCn1c(N)c(-c2nc(C3CC3)c(C(=O)c3ccc([C@@H](C)CC)cc3)s2)c(=O)n(C)c1=O. The molecule has 1 saturated carbocycles. The van der Waals surface area contributed by atoms with E-state index < -0.39 is 11.2 Å². The minimum Gasteiger partial charge on any atom is -0.384 e. The number of nitrogens with two attached hydrogens (primary N) is 1. The molecule has 1 aliphatic rings. The van der Waals surface area contributed by atoms with Gasteiger partial charge in [-0.15, -0.1) is 11.3 Å². The van der Waals surface area contributed by atoms with Crippen LogP contribution < -0.4 is 17.0 Å². The van der Waals surface area contributed by atoms with Gasteiger partial charge in [-0.3, -0.25) is 18.7 Å². The Morgan fingerprint density at radius 3 is 2.45 bits per heavy atom. The highest BCUT2D eigenvalue weighted by atomic mass is 32.1. The smallest absolute Gasteiger partial charge is 0.332 e. The average Bonchev–Trinajstić information content (AvgIpc) is 3.59. The number of nitrogens with zero attached hydrogens (tertiary/aromatic N) is 3. The topological polar surface area (TPSA) is 100.0 Å². The number of benzene rings is 1. The molecule has 7 nitrogen and oxygen atoms in total. The summed E-state index contributed by atoms with van der Waals surface area (Å²) in [6.45, 7) is 6.65. The van der Waals surface area contributed by atoms with E-state index in [0.717, 1.165) is 29.5 Å². The maximum Gasteiger partial charge on any atom is 0.332 e. The zero-order valence-corrected chi connectivity index (χ0v) is 20.4. The highest BCUT2D eigenvalue weighted by molar-refractivity contribution is 7.17. The summed E-state index contributed by atoms with van der Waals surface area (Å²) in [5, 5.41) is 0.402. The molecule has 8 heteroatoms. The van der Waals surface area contributed by atoms with Crippen LogP contribution in [0.5, 0.6) is 0 Å². The van der Waals surface area contributed by atoms with Gasteiger partial charge in [-0.1, -0.05) is 45.0 Å². The van der Waals surface area contributed by atoms with Crippen molar-refractivity contribution in [1.82, 2.24) is 14.1 Å². The summed E-state index contributed by atoms with van der Waals surface area (Å²) in [6.07, 6.45) is 3.68. The lowest BCUT2D eigenvalue weighted by Crippen LogP contribution is -2.40. The Morgan fingerprint density at radius 2 is 1.88 bits per heavy atom. The molecular weight excluding hydrogens is 436 g/mol. The van der Waals surface area contributed by atoms with Gasteiger partial charge in [0.25, 0.3) is 5.56 Å². The van der Waals surface area contributed by atoms with Gasteiger partial charge in [0.05, 0.1) is 10.6 Å². The van der Waals surface area contributed by atoms with Crippen molar-refractivity contribution >= 4 is 22.9 Å². The number of ketones is 1. The summed E-state index contributed by atoms with van der Waals surface area (Å²) in [5.41, 5.74) is 8.11. The highest BCUT2D eigenvalue weighted by Gasteiger charge is 2.34. The van der Waals surface area contributed by atoms with Crippen molar-refractivity contribution in [3.8, 4) is 10.6 Å². The predicted molar refractivity (Wildman–Crippen MR) is 132 cm³/mol. The summed E-state index contributed by atoms with van der Waals surface area (Å²) in [6, 6.07) is 7.76. The van der Waals surface area contributed by atoms with Gasteiger partial charge in [-0.05, 0) is 37.2 Å². The van der Waals surface area contributed by atoms with Crippen molar-refractivity contribution in [1.29, 1.82) is 0 Å². The van der Waals surface area contributed by atoms with Gasteiger partial charge in [-0.2, -0.15) is 0 Å². The second-order valence-electron chi connectivity index (χ2n) is 8.83. The third-order valence-corrected chi connectivity index (χ3v) is 7.51. The number of rotatable bonds is 8. The number of carbonyl (C=O) groups is 1. The molecule has 0 unspecified atom stereocenters. The van der Waals surface area contributed by atoms with Crippen molar-refractivity contribution in [2.45, 2.75) is 64.8 Å². The minimum absolute atomic E-state index is 0.0892. The normalized spacial score (nSPS) is 14.4. The fourth-order valence-corrected chi connectivity index (χ4v) is 5.15. The van der Waals surface area contributed by atoms with Crippen molar-refractivity contribution < 1.29 is 4.79 Å². The Labute approximate surface area is 196 Å². The number of hydrogen-bond donors (Lipinski definition) is 1. The molecule has 0 amide bonds. The quantitative estimate of drug-likeness (QED) is 0.499. The minimum atomic E-state index is -0.488. The Morgan fingerprint density at radius 1 is 1.21 bits per heavy atom. The first-order valence-electron chi connectivity index (χ1n) is 11.5. The molecule has 0 spiro atoms. The van der Waals surface area contributed by atoms with Gasteiger partial charge in [-0.25, -0.2) is 9.78 Å². The van der Waals surface area contributed by atoms with Crippen LogP contribution in [0.3, 0.4) is 0 Å². The average molecular weight is 467 g/mol. The maximum atomic E-state index is 13.5. The van der Waals surface area contributed by atoms with Gasteiger partial charge in [0.2, 0.25) is 5.78 Å². The molecule has 0 bridgehead atoms. The van der Waals surface area contributed by atoms with Gasteiger partial charge in [0, 0.05) is 25.1 Å². The standard InChI is InChI=1S/C25H30N4O3S/c1-5-13-29-22(26)18(24(31)28(4)25(29)32)23-27-19(16-9-10-16)21(33-23)20(30)17-11-7-15(8-12-17)14(3)6-2/h7-8,11-12,14,16H,5-6,9-10,13,26H2,1-4H3/t14-/m0/s1.